The number of carbonyl (C=O) groups excluding carboxylic acids is 1. The van der Waals surface area contributed by atoms with Crippen molar-refractivity contribution in [3.05, 3.63) is 53.0 Å². The molecule has 3 rings (SSSR count). The summed E-state index contributed by atoms with van der Waals surface area (Å²) in [7, 11) is -2.19. The molecule has 1 amide bonds. The van der Waals surface area contributed by atoms with Gasteiger partial charge in [0.05, 0.1) is 28.5 Å². The van der Waals surface area contributed by atoms with E-state index in [9.17, 15) is 18.0 Å². The zero-order valence-corrected chi connectivity index (χ0v) is 16.3. The topological polar surface area (TPSA) is 108 Å². The van der Waals surface area contributed by atoms with Gasteiger partial charge in [0.1, 0.15) is 5.75 Å². The number of aromatic nitrogens is 1. The number of amides is 1. The van der Waals surface area contributed by atoms with Gasteiger partial charge in [-0.3, -0.25) is 9.36 Å². The zero-order chi connectivity index (χ0) is 20.3. The minimum absolute atomic E-state index is 0.00290. The number of anilines is 1. The summed E-state index contributed by atoms with van der Waals surface area (Å²) in [5.74, 6) is -0.871. The highest BCUT2D eigenvalue weighted by molar-refractivity contribution is 7.91. The third kappa shape index (κ3) is 4.09. The third-order valence-electron chi connectivity index (χ3n) is 4.18. The largest absolute Gasteiger partial charge is 0.492 e. The minimum Gasteiger partial charge on any atom is -0.492 e. The molecule has 28 heavy (non-hydrogen) atoms. The highest BCUT2D eigenvalue weighted by atomic mass is 32.2. The fourth-order valence-corrected chi connectivity index (χ4v) is 3.97. The van der Waals surface area contributed by atoms with Crippen LogP contribution >= 0.6 is 0 Å². The third-order valence-corrected chi connectivity index (χ3v) is 5.90. The van der Waals surface area contributed by atoms with E-state index in [0.29, 0.717) is 23.6 Å². The molecule has 0 bridgehead atoms. The molecule has 1 heterocycles. The maximum Gasteiger partial charge on any atom is 0.419 e. The predicted molar refractivity (Wildman–Crippen MR) is 104 cm³/mol. The van der Waals surface area contributed by atoms with Gasteiger partial charge in [-0.05, 0) is 31.2 Å². The Hall–Kier alpha value is -3.07. The van der Waals surface area contributed by atoms with Crippen molar-refractivity contribution >= 4 is 32.5 Å². The van der Waals surface area contributed by atoms with Crippen LogP contribution in [0.25, 0.3) is 11.1 Å². The molecule has 0 aliphatic heterocycles. The average molecular weight is 404 g/mol. The second-order valence-electron chi connectivity index (χ2n) is 6.10. The Bertz CT molecular complexity index is 1180. The number of sulfone groups is 1. The van der Waals surface area contributed by atoms with Crippen LogP contribution in [0.5, 0.6) is 5.75 Å². The molecule has 9 heteroatoms. The minimum atomic E-state index is -3.73. The second kappa shape index (κ2) is 7.89. The maximum absolute atomic E-state index is 12.6. The fourth-order valence-electron chi connectivity index (χ4n) is 2.72. The van der Waals surface area contributed by atoms with E-state index in [1.807, 2.05) is 6.92 Å². The second-order valence-corrected chi connectivity index (χ2v) is 8.21. The van der Waals surface area contributed by atoms with E-state index in [0.717, 1.165) is 0 Å². The number of para-hydroxylation sites is 2. The molecule has 0 saturated carbocycles. The first-order chi connectivity index (χ1) is 13.3. The van der Waals surface area contributed by atoms with Crippen molar-refractivity contribution in [2.75, 3.05) is 17.7 Å². The number of carbonyl (C=O) groups is 1. The number of ether oxygens (including phenoxy) is 1. The SMILES string of the molecule is CCOc1ccccc1NC(=O)CCS(=O)(=O)c1ccc2c(c1)oc(=O)n2C. The first kappa shape index (κ1) is 19.7. The zero-order valence-electron chi connectivity index (χ0n) is 15.5. The normalized spacial score (nSPS) is 11.5. The summed E-state index contributed by atoms with van der Waals surface area (Å²) in [6.07, 6.45) is -0.223. The van der Waals surface area contributed by atoms with Crippen LogP contribution in [0.15, 0.2) is 56.6 Å². The Balaban J connectivity index is 1.71. The van der Waals surface area contributed by atoms with Gasteiger partial charge in [0.25, 0.3) is 0 Å². The van der Waals surface area contributed by atoms with Crippen LogP contribution in [-0.2, 0) is 21.7 Å². The van der Waals surface area contributed by atoms with E-state index in [1.165, 1.54) is 29.8 Å². The van der Waals surface area contributed by atoms with Crippen molar-refractivity contribution < 1.29 is 22.4 Å². The van der Waals surface area contributed by atoms with Crippen molar-refractivity contribution in [2.45, 2.75) is 18.2 Å². The highest BCUT2D eigenvalue weighted by Crippen LogP contribution is 2.24. The highest BCUT2D eigenvalue weighted by Gasteiger charge is 2.19. The smallest absolute Gasteiger partial charge is 0.419 e. The molecule has 8 nitrogen and oxygen atoms in total. The molecule has 0 radical (unpaired) electrons. The lowest BCUT2D eigenvalue weighted by Crippen LogP contribution is -2.18. The summed E-state index contributed by atoms with van der Waals surface area (Å²) < 4.78 is 36.9. The van der Waals surface area contributed by atoms with E-state index in [2.05, 4.69) is 5.32 Å². The summed E-state index contributed by atoms with van der Waals surface area (Å²) in [5.41, 5.74) is 1.16. The van der Waals surface area contributed by atoms with Gasteiger partial charge in [-0.15, -0.1) is 0 Å². The van der Waals surface area contributed by atoms with Gasteiger partial charge in [-0.2, -0.15) is 0 Å². The summed E-state index contributed by atoms with van der Waals surface area (Å²) >= 11 is 0. The number of hydrogen-bond donors (Lipinski definition) is 1. The molecule has 1 N–H and O–H groups in total. The lowest BCUT2D eigenvalue weighted by Gasteiger charge is -2.11. The lowest BCUT2D eigenvalue weighted by atomic mass is 10.3. The molecule has 148 valence electrons. The van der Waals surface area contributed by atoms with E-state index in [4.69, 9.17) is 9.15 Å². The molecule has 0 unspecified atom stereocenters. The van der Waals surface area contributed by atoms with Crippen LogP contribution in [-0.4, -0.2) is 31.3 Å². The van der Waals surface area contributed by atoms with E-state index in [-0.39, 0.29) is 22.7 Å². The van der Waals surface area contributed by atoms with Gasteiger partial charge in [-0.1, -0.05) is 12.1 Å². The maximum atomic E-state index is 12.6. The molecule has 0 aliphatic rings. The van der Waals surface area contributed by atoms with Crippen molar-refractivity contribution in [1.29, 1.82) is 0 Å². The molecule has 0 aliphatic carbocycles. The van der Waals surface area contributed by atoms with Gasteiger partial charge in [0.2, 0.25) is 5.91 Å². The monoisotopic (exact) mass is 404 g/mol. The number of benzene rings is 2. The molecule has 0 saturated heterocycles. The quantitative estimate of drug-likeness (QED) is 0.648. The van der Waals surface area contributed by atoms with Crippen molar-refractivity contribution in [3.63, 3.8) is 0 Å². The molecular formula is C19H20N2O6S. The van der Waals surface area contributed by atoms with Crippen LogP contribution in [0.4, 0.5) is 5.69 Å². The molecule has 0 fully saturated rings. The van der Waals surface area contributed by atoms with Crippen LogP contribution < -0.4 is 15.8 Å². The number of rotatable bonds is 7. The summed E-state index contributed by atoms with van der Waals surface area (Å²) in [4.78, 5) is 23.8. The summed E-state index contributed by atoms with van der Waals surface area (Å²) in [5, 5.41) is 2.67. The van der Waals surface area contributed by atoms with Crippen molar-refractivity contribution in [3.8, 4) is 5.75 Å². The molecule has 0 atom stereocenters. The lowest BCUT2D eigenvalue weighted by molar-refractivity contribution is -0.115. The number of nitrogens with one attached hydrogen (secondary N) is 1. The van der Waals surface area contributed by atoms with Crippen LogP contribution in [0.2, 0.25) is 0 Å². The molecular weight excluding hydrogens is 384 g/mol. The summed E-state index contributed by atoms with van der Waals surface area (Å²) in [6, 6.07) is 11.1. The molecule has 3 aromatic rings. The van der Waals surface area contributed by atoms with Gasteiger partial charge in [0.15, 0.2) is 15.4 Å². The molecule has 1 aromatic heterocycles. The van der Waals surface area contributed by atoms with Gasteiger partial charge in [0, 0.05) is 19.5 Å². The van der Waals surface area contributed by atoms with E-state index >= 15 is 0 Å². The van der Waals surface area contributed by atoms with Crippen LogP contribution in [0, 0.1) is 0 Å². The van der Waals surface area contributed by atoms with Crippen molar-refractivity contribution in [1.82, 2.24) is 4.57 Å². The Morgan fingerprint density at radius 3 is 2.71 bits per heavy atom. The van der Waals surface area contributed by atoms with Gasteiger partial charge in [-0.25, -0.2) is 13.2 Å². The Morgan fingerprint density at radius 2 is 1.96 bits per heavy atom. The van der Waals surface area contributed by atoms with E-state index < -0.39 is 21.5 Å². The van der Waals surface area contributed by atoms with Crippen molar-refractivity contribution in [2.24, 2.45) is 7.05 Å². The molecule has 0 spiro atoms. The standard InChI is InChI=1S/C19H20N2O6S/c1-3-26-16-7-5-4-6-14(16)20-18(22)10-11-28(24,25)13-8-9-15-17(12-13)27-19(23)21(15)2/h4-9,12H,3,10-11H2,1-2H3,(H,20,22). The van der Waals surface area contributed by atoms with Crippen LogP contribution in [0.1, 0.15) is 13.3 Å². The first-order valence-electron chi connectivity index (χ1n) is 8.66. The fraction of sp³-hybridized carbons (Fsp3) is 0.263. The first-order valence-corrected chi connectivity index (χ1v) is 10.3. The predicted octanol–water partition coefficient (Wildman–Crippen LogP) is 2.33. The van der Waals surface area contributed by atoms with E-state index in [1.54, 1.807) is 24.3 Å². The Morgan fingerprint density at radius 1 is 1.21 bits per heavy atom. The number of fused-ring (bicyclic) bond motifs is 1. The average Bonchev–Trinajstić information content (AvgIpc) is 2.95. The number of oxazole rings is 1. The number of hydrogen-bond acceptors (Lipinski definition) is 6. The van der Waals surface area contributed by atoms with Gasteiger partial charge >= 0.3 is 5.76 Å². The Labute approximate surface area is 161 Å². The Kier molecular flexibility index (Phi) is 5.55. The molecule has 2 aromatic carbocycles. The van der Waals surface area contributed by atoms with Gasteiger partial charge < -0.3 is 14.5 Å². The van der Waals surface area contributed by atoms with Crippen LogP contribution in [0.3, 0.4) is 0 Å². The summed E-state index contributed by atoms with van der Waals surface area (Å²) in [6.45, 7) is 2.27. The number of aryl methyl sites for hydroxylation is 1. The number of nitrogens with zero attached hydrogens (tertiary/aromatic N) is 1.